The average molecular weight is 326 g/mol. The van der Waals surface area contributed by atoms with E-state index in [1.165, 1.54) is 12.3 Å². The molecule has 0 radical (unpaired) electrons. The molecule has 24 heavy (non-hydrogen) atoms. The van der Waals surface area contributed by atoms with Gasteiger partial charge in [0.1, 0.15) is 5.56 Å². The second-order valence-electron chi connectivity index (χ2n) is 5.53. The van der Waals surface area contributed by atoms with E-state index in [1.807, 2.05) is 24.3 Å². The molecule has 4 nitrogen and oxygen atoms in total. The van der Waals surface area contributed by atoms with Gasteiger partial charge in [0.05, 0.1) is 6.20 Å². The van der Waals surface area contributed by atoms with Crippen molar-refractivity contribution in [3.8, 4) is 11.3 Å². The number of rotatable bonds is 2. The zero-order chi connectivity index (χ0) is 16.7. The van der Waals surface area contributed by atoms with Crippen LogP contribution in [0.3, 0.4) is 0 Å². The number of anilines is 1. The highest BCUT2D eigenvalue weighted by Crippen LogP contribution is 2.32. The molecule has 1 aliphatic rings. The minimum Gasteiger partial charge on any atom is -0.355 e. The number of amides is 1. The molecule has 1 aromatic heterocycles. The minimum absolute atomic E-state index is 0.128. The molecule has 0 saturated heterocycles. The van der Waals surface area contributed by atoms with Gasteiger partial charge in [0.25, 0.3) is 5.91 Å². The summed E-state index contributed by atoms with van der Waals surface area (Å²) in [5, 5.41) is 3.66. The van der Waals surface area contributed by atoms with Crippen LogP contribution in [0.1, 0.15) is 15.9 Å². The summed E-state index contributed by atoms with van der Waals surface area (Å²) in [6.45, 7) is 0.556. The third-order valence-corrected chi connectivity index (χ3v) is 4.11. The van der Waals surface area contributed by atoms with Crippen LogP contribution in [-0.2, 0) is 6.42 Å². The Bertz CT molecular complexity index is 936. The minimum atomic E-state index is -1.01. The van der Waals surface area contributed by atoms with Crippen molar-refractivity contribution in [2.75, 3.05) is 11.4 Å². The van der Waals surface area contributed by atoms with Gasteiger partial charge in [-0.3, -0.25) is 4.79 Å². The molecule has 2 heterocycles. The highest BCUT2D eigenvalue weighted by Gasteiger charge is 2.29. The number of benzene rings is 2. The molecule has 1 aliphatic heterocycles. The van der Waals surface area contributed by atoms with E-state index >= 15 is 0 Å². The maximum absolute atomic E-state index is 13.5. The van der Waals surface area contributed by atoms with Crippen LogP contribution in [0, 0.1) is 11.6 Å². The first kappa shape index (κ1) is 14.6. The number of para-hydroxylation sites is 1. The number of carbonyl (C=O) groups excluding carboxylic acids is 1. The number of nitrogens with zero attached hydrogens (tertiary/aromatic N) is 2. The molecule has 0 spiro atoms. The second-order valence-corrected chi connectivity index (χ2v) is 5.53. The van der Waals surface area contributed by atoms with Crippen molar-refractivity contribution in [2.45, 2.75) is 6.42 Å². The third kappa shape index (κ3) is 2.27. The third-order valence-electron chi connectivity index (χ3n) is 4.11. The highest BCUT2D eigenvalue weighted by molar-refractivity contribution is 6.10. The lowest BCUT2D eigenvalue weighted by molar-refractivity contribution is 0.0989. The molecule has 0 saturated carbocycles. The molecule has 4 rings (SSSR count). The highest BCUT2D eigenvalue weighted by atomic mass is 19.2. The summed E-state index contributed by atoms with van der Waals surface area (Å²) in [5.41, 5.74) is 2.43. The van der Waals surface area contributed by atoms with Crippen LogP contribution in [0.2, 0.25) is 0 Å². The molecule has 0 unspecified atom stereocenters. The lowest BCUT2D eigenvalue weighted by atomic mass is 10.1. The number of halogens is 2. The van der Waals surface area contributed by atoms with E-state index in [4.69, 9.17) is 4.52 Å². The quantitative estimate of drug-likeness (QED) is 0.719. The standard InChI is InChI=1S/C18H12F2N2O2/c19-14-6-5-12(9-15(14)20)17-13(10-21-24-17)18(23)22-8-7-11-3-1-2-4-16(11)22/h1-6,9-10H,7-8H2. The van der Waals surface area contributed by atoms with Crippen LogP contribution in [0.15, 0.2) is 53.2 Å². The maximum atomic E-state index is 13.5. The van der Waals surface area contributed by atoms with Crippen LogP contribution in [0.4, 0.5) is 14.5 Å². The van der Waals surface area contributed by atoms with Crippen molar-refractivity contribution in [1.29, 1.82) is 0 Å². The van der Waals surface area contributed by atoms with Gasteiger partial charge < -0.3 is 9.42 Å². The summed E-state index contributed by atoms with van der Waals surface area (Å²) in [7, 11) is 0. The predicted octanol–water partition coefficient (Wildman–Crippen LogP) is 3.82. The van der Waals surface area contributed by atoms with Gasteiger partial charge in [0.2, 0.25) is 0 Å². The fourth-order valence-corrected chi connectivity index (χ4v) is 2.93. The Kier molecular flexibility index (Phi) is 3.37. The first-order valence-electron chi connectivity index (χ1n) is 7.45. The Balaban J connectivity index is 1.73. The monoisotopic (exact) mass is 326 g/mol. The van der Waals surface area contributed by atoms with E-state index in [0.29, 0.717) is 6.54 Å². The summed E-state index contributed by atoms with van der Waals surface area (Å²) in [5.74, 6) is -2.11. The van der Waals surface area contributed by atoms with Crippen LogP contribution in [0.5, 0.6) is 0 Å². The van der Waals surface area contributed by atoms with Gasteiger partial charge in [0, 0.05) is 17.8 Å². The predicted molar refractivity (Wildman–Crippen MR) is 83.7 cm³/mol. The molecular weight excluding hydrogens is 314 g/mol. The summed E-state index contributed by atoms with van der Waals surface area (Å²) >= 11 is 0. The van der Waals surface area contributed by atoms with Crippen molar-refractivity contribution >= 4 is 11.6 Å². The Morgan fingerprint density at radius 2 is 1.96 bits per heavy atom. The first-order valence-corrected chi connectivity index (χ1v) is 7.45. The van der Waals surface area contributed by atoms with E-state index in [9.17, 15) is 13.6 Å². The van der Waals surface area contributed by atoms with E-state index in [2.05, 4.69) is 5.16 Å². The molecule has 0 aliphatic carbocycles. The fraction of sp³-hybridized carbons (Fsp3) is 0.111. The van der Waals surface area contributed by atoms with Gasteiger partial charge in [-0.05, 0) is 36.2 Å². The Morgan fingerprint density at radius 1 is 1.12 bits per heavy atom. The number of aromatic nitrogens is 1. The van der Waals surface area contributed by atoms with E-state index < -0.39 is 11.6 Å². The molecule has 1 amide bonds. The normalized spacial score (nSPS) is 13.2. The molecule has 6 heteroatoms. The molecule has 0 fully saturated rings. The molecular formula is C18H12F2N2O2. The Morgan fingerprint density at radius 3 is 2.79 bits per heavy atom. The summed E-state index contributed by atoms with van der Waals surface area (Å²) in [4.78, 5) is 14.5. The fourth-order valence-electron chi connectivity index (χ4n) is 2.93. The molecule has 0 N–H and O–H groups in total. The zero-order valence-electron chi connectivity index (χ0n) is 12.5. The molecule has 3 aromatic rings. The van der Waals surface area contributed by atoms with E-state index in [0.717, 1.165) is 29.8 Å². The van der Waals surface area contributed by atoms with Crippen LogP contribution >= 0.6 is 0 Å². The summed E-state index contributed by atoms with van der Waals surface area (Å²) < 4.78 is 31.7. The summed E-state index contributed by atoms with van der Waals surface area (Å²) in [6, 6.07) is 11.0. The van der Waals surface area contributed by atoms with E-state index in [1.54, 1.807) is 4.90 Å². The number of hydrogen-bond acceptors (Lipinski definition) is 3. The van der Waals surface area contributed by atoms with Crippen molar-refractivity contribution in [2.24, 2.45) is 0 Å². The second kappa shape index (κ2) is 5.56. The number of hydrogen-bond donors (Lipinski definition) is 0. The average Bonchev–Trinajstić information content (AvgIpc) is 3.23. The lowest BCUT2D eigenvalue weighted by Crippen LogP contribution is -2.28. The van der Waals surface area contributed by atoms with Crippen molar-refractivity contribution in [3.63, 3.8) is 0 Å². The van der Waals surface area contributed by atoms with Gasteiger partial charge in [0.15, 0.2) is 17.4 Å². The van der Waals surface area contributed by atoms with Gasteiger partial charge in [-0.2, -0.15) is 0 Å². The smallest absolute Gasteiger partial charge is 0.263 e. The SMILES string of the molecule is O=C(c1cnoc1-c1ccc(F)c(F)c1)N1CCc2ccccc21. The Labute approximate surface area is 136 Å². The summed E-state index contributed by atoms with van der Waals surface area (Å²) in [6.07, 6.45) is 2.08. The molecule has 2 aromatic carbocycles. The van der Waals surface area contributed by atoms with Gasteiger partial charge in [-0.25, -0.2) is 8.78 Å². The lowest BCUT2D eigenvalue weighted by Gasteiger charge is -2.16. The van der Waals surface area contributed by atoms with Crippen LogP contribution in [0.25, 0.3) is 11.3 Å². The van der Waals surface area contributed by atoms with Gasteiger partial charge in [-0.15, -0.1) is 0 Å². The molecule has 120 valence electrons. The molecule has 0 atom stereocenters. The van der Waals surface area contributed by atoms with Crippen LogP contribution < -0.4 is 4.90 Å². The van der Waals surface area contributed by atoms with Crippen molar-refractivity contribution in [1.82, 2.24) is 5.16 Å². The van der Waals surface area contributed by atoms with Crippen molar-refractivity contribution in [3.05, 3.63) is 71.4 Å². The number of carbonyl (C=O) groups is 1. The first-order chi connectivity index (χ1) is 11.6. The van der Waals surface area contributed by atoms with Crippen LogP contribution in [-0.4, -0.2) is 17.6 Å². The topological polar surface area (TPSA) is 46.3 Å². The largest absolute Gasteiger partial charge is 0.355 e. The van der Waals surface area contributed by atoms with Gasteiger partial charge >= 0.3 is 0 Å². The molecule has 0 bridgehead atoms. The van der Waals surface area contributed by atoms with Crippen molar-refractivity contribution < 1.29 is 18.1 Å². The van der Waals surface area contributed by atoms with Gasteiger partial charge in [-0.1, -0.05) is 23.4 Å². The zero-order valence-corrected chi connectivity index (χ0v) is 12.5. The number of fused-ring (bicyclic) bond motifs is 1. The Hall–Kier alpha value is -3.02. The van der Waals surface area contributed by atoms with E-state index in [-0.39, 0.29) is 22.8 Å². The maximum Gasteiger partial charge on any atom is 0.263 e.